The molecule has 0 radical (unpaired) electrons. The van der Waals surface area contributed by atoms with Gasteiger partial charge >= 0.3 is 12.1 Å². The zero-order valence-corrected chi connectivity index (χ0v) is 12.2. The highest BCUT2D eigenvalue weighted by Crippen LogP contribution is 2.59. The van der Waals surface area contributed by atoms with E-state index in [1.165, 1.54) is 0 Å². The predicted molar refractivity (Wildman–Crippen MR) is 67.0 cm³/mol. The summed E-state index contributed by atoms with van der Waals surface area (Å²) in [6, 6.07) is 0. The first-order chi connectivity index (χ1) is 9.30. The van der Waals surface area contributed by atoms with Crippen molar-refractivity contribution in [2.45, 2.75) is 50.7 Å². The van der Waals surface area contributed by atoms with Gasteiger partial charge in [-0.15, -0.1) is 0 Å². The number of aliphatic hydroxyl groups is 1. The summed E-state index contributed by atoms with van der Waals surface area (Å²) < 4.78 is 31.2. The lowest BCUT2D eigenvalue weighted by Gasteiger charge is -2.59. The van der Waals surface area contributed by atoms with Crippen LogP contribution in [0.3, 0.4) is 0 Å². The second kappa shape index (κ2) is 4.28. The molecule has 8 heteroatoms. The lowest BCUT2D eigenvalue weighted by molar-refractivity contribution is -0.269. The van der Waals surface area contributed by atoms with Crippen molar-refractivity contribution in [1.82, 2.24) is 4.90 Å². The normalized spacial score (nSPS) is 25.5. The average Bonchev–Trinajstić information content (AvgIpc) is 2.17. The molecule has 6 nitrogen and oxygen atoms in total. The quantitative estimate of drug-likeness (QED) is 0.806. The Bertz CT molecular complexity index is 471. The van der Waals surface area contributed by atoms with Crippen LogP contribution in [0.1, 0.15) is 33.6 Å². The Kier molecular flexibility index (Phi) is 3.25. The van der Waals surface area contributed by atoms with Crippen molar-refractivity contribution in [3.8, 4) is 0 Å². The lowest BCUT2D eigenvalue weighted by Crippen LogP contribution is -2.77. The van der Waals surface area contributed by atoms with E-state index in [1.807, 2.05) is 0 Å². The fourth-order valence-electron chi connectivity index (χ4n) is 2.85. The maximum absolute atomic E-state index is 13.1. The highest BCUT2D eigenvalue weighted by Gasteiger charge is 2.73. The van der Waals surface area contributed by atoms with Crippen LogP contribution in [0.25, 0.3) is 0 Å². The minimum atomic E-state index is -3.08. The van der Waals surface area contributed by atoms with Crippen molar-refractivity contribution in [2.75, 3.05) is 13.1 Å². The fraction of sp³-hybridized carbons (Fsp3) is 0.846. The number of carboxylic acids is 1. The van der Waals surface area contributed by atoms with E-state index in [0.717, 1.165) is 4.90 Å². The van der Waals surface area contributed by atoms with Gasteiger partial charge in [-0.2, -0.15) is 0 Å². The Morgan fingerprint density at radius 3 is 2.00 bits per heavy atom. The largest absolute Gasteiger partial charge is 0.481 e. The first kappa shape index (κ1) is 15.9. The number of halogens is 2. The molecule has 1 aliphatic heterocycles. The van der Waals surface area contributed by atoms with Crippen LogP contribution in [0.4, 0.5) is 13.6 Å². The summed E-state index contributed by atoms with van der Waals surface area (Å²) in [5.74, 6) is -4.54. The molecule has 21 heavy (non-hydrogen) atoms. The van der Waals surface area contributed by atoms with Crippen molar-refractivity contribution >= 4 is 12.1 Å². The van der Waals surface area contributed by atoms with Gasteiger partial charge in [-0.3, -0.25) is 4.79 Å². The minimum Gasteiger partial charge on any atom is -0.481 e. The number of ether oxygens (including phenoxy) is 1. The first-order valence-electron chi connectivity index (χ1n) is 6.62. The molecule has 1 saturated carbocycles. The van der Waals surface area contributed by atoms with Crippen LogP contribution in [0.15, 0.2) is 0 Å². The molecule has 0 bridgehead atoms. The molecular weight excluding hydrogens is 288 g/mol. The molecule has 0 aromatic heterocycles. The monoisotopic (exact) mass is 307 g/mol. The van der Waals surface area contributed by atoms with Gasteiger partial charge in [-0.05, 0) is 20.8 Å². The van der Waals surface area contributed by atoms with E-state index in [1.54, 1.807) is 20.8 Å². The summed E-state index contributed by atoms with van der Waals surface area (Å²) in [5.41, 5.74) is -4.45. The summed E-state index contributed by atoms with van der Waals surface area (Å²) in [5, 5.41) is 19.5. The SMILES string of the molecule is CC(C)(C)OC(=O)N1CC(O)(C2(C(=O)O)CC(F)(F)C2)C1. The molecule has 0 aromatic rings. The number of hydrogen-bond donors (Lipinski definition) is 2. The van der Waals surface area contributed by atoms with Crippen LogP contribution in [-0.4, -0.2) is 57.4 Å². The summed E-state index contributed by atoms with van der Waals surface area (Å²) >= 11 is 0. The Morgan fingerprint density at radius 1 is 1.19 bits per heavy atom. The van der Waals surface area contributed by atoms with Gasteiger partial charge in [0.05, 0.1) is 13.1 Å². The number of amides is 1. The lowest BCUT2D eigenvalue weighted by atomic mass is 9.54. The van der Waals surface area contributed by atoms with Crippen LogP contribution >= 0.6 is 0 Å². The van der Waals surface area contributed by atoms with Gasteiger partial charge in [0.25, 0.3) is 5.92 Å². The van der Waals surface area contributed by atoms with E-state index < -0.39 is 47.4 Å². The Labute approximate surface area is 120 Å². The molecular formula is C13H19F2NO5. The van der Waals surface area contributed by atoms with Crippen molar-refractivity contribution in [2.24, 2.45) is 5.41 Å². The number of rotatable bonds is 2. The maximum atomic E-state index is 13.1. The van der Waals surface area contributed by atoms with E-state index in [2.05, 4.69) is 0 Å². The Hall–Kier alpha value is -1.44. The van der Waals surface area contributed by atoms with Crippen LogP contribution < -0.4 is 0 Å². The molecule has 0 aromatic carbocycles. The van der Waals surface area contributed by atoms with E-state index in [4.69, 9.17) is 4.74 Å². The fourth-order valence-corrected chi connectivity index (χ4v) is 2.85. The number of carbonyl (C=O) groups excluding carboxylic acids is 1. The van der Waals surface area contributed by atoms with Gasteiger partial charge in [-0.1, -0.05) is 0 Å². The Balaban J connectivity index is 2.04. The number of carbonyl (C=O) groups is 2. The molecule has 2 fully saturated rings. The van der Waals surface area contributed by atoms with E-state index in [0.29, 0.717) is 0 Å². The van der Waals surface area contributed by atoms with Crippen LogP contribution in [0.2, 0.25) is 0 Å². The summed E-state index contributed by atoms with van der Waals surface area (Å²) in [6.07, 6.45) is -2.51. The molecule has 120 valence electrons. The zero-order valence-electron chi connectivity index (χ0n) is 12.2. The molecule has 1 amide bonds. The molecule has 0 unspecified atom stereocenters. The van der Waals surface area contributed by atoms with Crippen LogP contribution in [0, 0.1) is 5.41 Å². The number of alkyl halides is 2. The van der Waals surface area contributed by atoms with Gasteiger partial charge in [0.15, 0.2) is 0 Å². The Morgan fingerprint density at radius 2 is 1.67 bits per heavy atom. The predicted octanol–water partition coefficient (Wildman–Crippen LogP) is 1.47. The van der Waals surface area contributed by atoms with Gasteiger partial charge in [0.2, 0.25) is 0 Å². The first-order valence-corrected chi connectivity index (χ1v) is 6.62. The number of carboxylic acid groups (broad SMARTS) is 1. The molecule has 1 saturated heterocycles. The van der Waals surface area contributed by atoms with Gasteiger partial charge in [-0.25, -0.2) is 13.6 Å². The van der Waals surface area contributed by atoms with Crippen LogP contribution in [0.5, 0.6) is 0 Å². The number of aliphatic carboxylic acids is 1. The van der Waals surface area contributed by atoms with E-state index >= 15 is 0 Å². The molecule has 2 rings (SSSR count). The zero-order chi connectivity index (χ0) is 16.3. The molecule has 1 aliphatic carbocycles. The average molecular weight is 307 g/mol. The number of β-amino-alcohol motifs (C(OH)–C–C–N with tert-alkyl or cyclic N) is 1. The summed E-state index contributed by atoms with van der Waals surface area (Å²) in [6.45, 7) is 4.38. The third-order valence-electron chi connectivity index (χ3n) is 3.98. The summed E-state index contributed by atoms with van der Waals surface area (Å²) in [4.78, 5) is 24.2. The maximum Gasteiger partial charge on any atom is 0.410 e. The van der Waals surface area contributed by atoms with Gasteiger partial charge in [0, 0.05) is 12.8 Å². The highest BCUT2D eigenvalue weighted by molar-refractivity contribution is 5.80. The third-order valence-corrected chi connectivity index (χ3v) is 3.98. The smallest absolute Gasteiger partial charge is 0.410 e. The van der Waals surface area contributed by atoms with Crippen LogP contribution in [-0.2, 0) is 9.53 Å². The van der Waals surface area contributed by atoms with Crippen molar-refractivity contribution in [3.63, 3.8) is 0 Å². The highest BCUT2D eigenvalue weighted by atomic mass is 19.3. The molecule has 1 heterocycles. The second-order valence-electron chi connectivity index (χ2n) is 6.96. The third kappa shape index (κ3) is 2.56. The van der Waals surface area contributed by atoms with Crippen molar-refractivity contribution < 1.29 is 33.3 Å². The molecule has 0 spiro atoms. The number of hydrogen-bond acceptors (Lipinski definition) is 4. The summed E-state index contributed by atoms with van der Waals surface area (Å²) in [7, 11) is 0. The molecule has 0 atom stereocenters. The van der Waals surface area contributed by atoms with E-state index in [-0.39, 0.29) is 13.1 Å². The molecule has 2 N–H and O–H groups in total. The van der Waals surface area contributed by atoms with E-state index in [9.17, 15) is 28.6 Å². The van der Waals surface area contributed by atoms with Gasteiger partial charge < -0.3 is 19.8 Å². The number of likely N-dealkylation sites (tertiary alicyclic amines) is 1. The number of nitrogens with zero attached hydrogens (tertiary/aromatic N) is 1. The van der Waals surface area contributed by atoms with Crippen molar-refractivity contribution in [3.05, 3.63) is 0 Å². The second-order valence-corrected chi connectivity index (χ2v) is 6.96. The topological polar surface area (TPSA) is 87.1 Å². The van der Waals surface area contributed by atoms with Crippen molar-refractivity contribution in [1.29, 1.82) is 0 Å². The van der Waals surface area contributed by atoms with Gasteiger partial charge in [0.1, 0.15) is 16.6 Å². The molecule has 2 aliphatic rings. The standard InChI is InChI=1S/C13H19F2NO5/c1-10(2,3)21-9(19)16-6-12(20,7-16)11(8(17)18)4-13(14,15)5-11/h20H,4-7H2,1-3H3,(H,17,18). The minimum absolute atomic E-state index is 0.315.